The van der Waals surface area contributed by atoms with Gasteiger partial charge in [0.2, 0.25) is 5.88 Å². The number of hydrogen-bond donors (Lipinski definition) is 0. The van der Waals surface area contributed by atoms with Crippen LogP contribution < -0.4 is 4.74 Å². The van der Waals surface area contributed by atoms with Crippen molar-refractivity contribution in [3.8, 4) is 5.88 Å². The summed E-state index contributed by atoms with van der Waals surface area (Å²) in [7, 11) is 0. The van der Waals surface area contributed by atoms with Crippen molar-refractivity contribution < 1.29 is 9.53 Å². The number of esters is 1. The second-order valence-electron chi connectivity index (χ2n) is 5.65. The van der Waals surface area contributed by atoms with Gasteiger partial charge in [0.15, 0.2) is 0 Å². The molecule has 0 aliphatic rings. The van der Waals surface area contributed by atoms with Crippen molar-refractivity contribution in [1.82, 2.24) is 14.8 Å². The van der Waals surface area contributed by atoms with E-state index in [1.54, 1.807) is 35.0 Å². The van der Waals surface area contributed by atoms with Gasteiger partial charge in [0.05, 0.1) is 27.3 Å². The Hall–Kier alpha value is -2.08. The molecule has 26 heavy (non-hydrogen) atoms. The number of rotatable bonds is 4. The molecule has 0 N–H and O–H groups in total. The van der Waals surface area contributed by atoms with Gasteiger partial charge in [0, 0.05) is 12.3 Å². The Morgan fingerprint density at radius 2 is 1.92 bits per heavy atom. The molecule has 3 rings (SSSR count). The summed E-state index contributed by atoms with van der Waals surface area (Å²) in [6.45, 7) is 3.73. The van der Waals surface area contributed by atoms with Gasteiger partial charge >= 0.3 is 5.97 Å². The predicted octanol–water partition coefficient (Wildman–Crippen LogP) is 5.38. The van der Waals surface area contributed by atoms with Crippen molar-refractivity contribution in [1.29, 1.82) is 0 Å². The maximum Gasteiger partial charge on any atom is 0.348 e. The minimum atomic E-state index is -0.606. The smallest absolute Gasteiger partial charge is 0.348 e. The molecule has 8 heteroatoms. The molecule has 3 aromatic rings. The maximum absolute atomic E-state index is 12.4. The molecule has 1 aromatic carbocycles. The number of carbonyl (C=O) groups is 1. The zero-order valence-corrected chi connectivity index (χ0v) is 16.2. The molecule has 0 bridgehead atoms. The van der Waals surface area contributed by atoms with Crippen molar-refractivity contribution in [3.05, 3.63) is 74.6 Å². The van der Waals surface area contributed by atoms with Crippen LogP contribution in [-0.2, 0) is 0 Å². The second-order valence-corrected chi connectivity index (χ2v) is 6.82. The minimum Gasteiger partial charge on any atom is -0.404 e. The highest BCUT2D eigenvalue weighted by Gasteiger charge is 2.20. The predicted molar refractivity (Wildman–Crippen MR) is 101 cm³/mol. The van der Waals surface area contributed by atoms with Gasteiger partial charge in [-0.05, 0) is 43.7 Å². The van der Waals surface area contributed by atoms with Crippen molar-refractivity contribution in [2.75, 3.05) is 0 Å². The summed E-state index contributed by atoms with van der Waals surface area (Å²) in [5.41, 5.74) is 1.76. The van der Waals surface area contributed by atoms with Gasteiger partial charge in [0.25, 0.3) is 0 Å². The number of pyridine rings is 1. The Kier molecular flexibility index (Phi) is 5.51. The van der Waals surface area contributed by atoms with E-state index >= 15 is 0 Å². The van der Waals surface area contributed by atoms with E-state index in [2.05, 4.69) is 10.1 Å². The van der Waals surface area contributed by atoms with Crippen molar-refractivity contribution in [3.63, 3.8) is 0 Å². The highest BCUT2D eigenvalue weighted by atomic mass is 35.5. The third kappa shape index (κ3) is 3.85. The Balaban J connectivity index is 1.91. The van der Waals surface area contributed by atoms with Crippen LogP contribution in [0.25, 0.3) is 0 Å². The highest BCUT2D eigenvalue weighted by Crippen LogP contribution is 2.30. The van der Waals surface area contributed by atoms with E-state index in [-0.39, 0.29) is 16.8 Å². The first-order chi connectivity index (χ1) is 12.4. The highest BCUT2D eigenvalue weighted by molar-refractivity contribution is 6.42. The van der Waals surface area contributed by atoms with E-state index in [0.717, 1.165) is 5.56 Å². The van der Waals surface area contributed by atoms with Crippen LogP contribution in [0, 0.1) is 6.92 Å². The molecule has 5 nitrogen and oxygen atoms in total. The lowest BCUT2D eigenvalue weighted by atomic mass is 10.1. The zero-order valence-electron chi connectivity index (χ0n) is 13.9. The topological polar surface area (TPSA) is 57.0 Å². The van der Waals surface area contributed by atoms with E-state index in [0.29, 0.717) is 21.6 Å². The third-order valence-electron chi connectivity index (χ3n) is 3.79. The summed E-state index contributed by atoms with van der Waals surface area (Å²) in [6, 6.07) is 9.93. The molecule has 0 saturated carbocycles. The number of aromatic nitrogens is 3. The van der Waals surface area contributed by atoms with Crippen LogP contribution in [0.2, 0.25) is 15.2 Å². The van der Waals surface area contributed by atoms with Crippen LogP contribution in [-0.4, -0.2) is 20.7 Å². The Labute approximate surface area is 165 Å². The fourth-order valence-electron chi connectivity index (χ4n) is 2.45. The van der Waals surface area contributed by atoms with Gasteiger partial charge in [-0.25, -0.2) is 14.5 Å². The van der Waals surface area contributed by atoms with Crippen LogP contribution >= 0.6 is 34.8 Å². The third-order valence-corrected chi connectivity index (χ3v) is 4.83. The number of aryl methyl sites for hydroxylation is 1. The number of ether oxygens (including phenoxy) is 1. The molecule has 2 aromatic heterocycles. The van der Waals surface area contributed by atoms with E-state index < -0.39 is 5.97 Å². The van der Waals surface area contributed by atoms with E-state index in [4.69, 9.17) is 39.5 Å². The van der Waals surface area contributed by atoms with Gasteiger partial charge in [-0.1, -0.05) is 40.9 Å². The van der Waals surface area contributed by atoms with Gasteiger partial charge in [-0.15, -0.1) is 0 Å². The SMILES string of the molecule is Cc1cc(OC(=O)c2cccnc2Cl)n(C(C)c2ccc(Cl)c(Cl)c2)n1. The van der Waals surface area contributed by atoms with E-state index in [1.165, 1.54) is 6.20 Å². The van der Waals surface area contributed by atoms with Gasteiger partial charge in [-0.2, -0.15) is 5.10 Å². The summed E-state index contributed by atoms with van der Waals surface area (Å²) in [5.74, 6) is -0.309. The first-order valence-corrected chi connectivity index (χ1v) is 8.84. The molecule has 0 aliphatic carbocycles. The van der Waals surface area contributed by atoms with Crippen LogP contribution in [0.4, 0.5) is 0 Å². The van der Waals surface area contributed by atoms with Crippen LogP contribution in [0.5, 0.6) is 5.88 Å². The monoisotopic (exact) mass is 409 g/mol. The number of halogens is 3. The summed E-state index contributed by atoms with van der Waals surface area (Å²) in [4.78, 5) is 16.3. The lowest BCUT2D eigenvalue weighted by molar-refractivity contribution is 0.0716. The maximum atomic E-state index is 12.4. The Morgan fingerprint density at radius 3 is 2.62 bits per heavy atom. The van der Waals surface area contributed by atoms with E-state index in [9.17, 15) is 4.79 Å². The molecule has 2 heterocycles. The molecule has 0 spiro atoms. The lowest BCUT2D eigenvalue weighted by Gasteiger charge is -2.16. The Bertz CT molecular complexity index is 972. The van der Waals surface area contributed by atoms with Gasteiger partial charge in [-0.3, -0.25) is 0 Å². The van der Waals surface area contributed by atoms with Crippen molar-refractivity contribution in [2.45, 2.75) is 19.9 Å². The summed E-state index contributed by atoms with van der Waals surface area (Å²) < 4.78 is 7.12. The zero-order chi connectivity index (χ0) is 18.8. The summed E-state index contributed by atoms with van der Waals surface area (Å²) >= 11 is 18.0. The molecule has 1 unspecified atom stereocenters. The number of benzene rings is 1. The second kappa shape index (κ2) is 7.66. The molecule has 0 saturated heterocycles. The summed E-state index contributed by atoms with van der Waals surface area (Å²) in [5, 5.41) is 5.42. The van der Waals surface area contributed by atoms with Crippen molar-refractivity contribution >= 4 is 40.8 Å². The number of hydrogen-bond acceptors (Lipinski definition) is 4. The average Bonchev–Trinajstić information content (AvgIpc) is 2.97. The molecule has 1 atom stereocenters. The number of carbonyl (C=O) groups excluding carboxylic acids is 1. The minimum absolute atomic E-state index is 0.0813. The quantitative estimate of drug-likeness (QED) is 0.428. The van der Waals surface area contributed by atoms with Crippen LogP contribution in [0.1, 0.15) is 34.6 Å². The molecule has 0 radical (unpaired) electrons. The molecule has 0 fully saturated rings. The lowest BCUT2D eigenvalue weighted by Crippen LogP contribution is -2.16. The van der Waals surface area contributed by atoms with Crippen LogP contribution in [0.15, 0.2) is 42.6 Å². The molecular formula is C18H14Cl3N3O2. The fourth-order valence-corrected chi connectivity index (χ4v) is 2.95. The normalized spacial score (nSPS) is 12.0. The standard InChI is InChI=1S/C18H14Cl3N3O2/c1-10-8-16(26-18(25)13-4-3-7-22-17(13)21)24(23-10)11(2)12-5-6-14(19)15(20)9-12/h3-9,11H,1-2H3. The first-order valence-electron chi connectivity index (χ1n) is 7.70. The molecule has 134 valence electrons. The summed E-state index contributed by atoms with van der Waals surface area (Å²) in [6.07, 6.45) is 1.50. The fraction of sp³-hybridized carbons (Fsp3) is 0.167. The number of nitrogens with zero attached hydrogens (tertiary/aromatic N) is 3. The van der Waals surface area contributed by atoms with Crippen molar-refractivity contribution in [2.24, 2.45) is 0 Å². The van der Waals surface area contributed by atoms with Gasteiger partial charge < -0.3 is 4.74 Å². The Morgan fingerprint density at radius 1 is 1.15 bits per heavy atom. The first kappa shape index (κ1) is 18.7. The van der Waals surface area contributed by atoms with Gasteiger partial charge in [0.1, 0.15) is 5.15 Å². The van der Waals surface area contributed by atoms with Crippen LogP contribution in [0.3, 0.4) is 0 Å². The molecule has 0 aliphatic heterocycles. The van der Waals surface area contributed by atoms with E-state index in [1.807, 2.05) is 19.9 Å². The largest absolute Gasteiger partial charge is 0.404 e. The molecular weight excluding hydrogens is 397 g/mol. The molecule has 0 amide bonds. The average molecular weight is 411 g/mol.